The summed E-state index contributed by atoms with van der Waals surface area (Å²) in [7, 11) is -4.54. The molecule has 1 atom stereocenters. The van der Waals surface area contributed by atoms with Gasteiger partial charge in [0.1, 0.15) is 10.8 Å². The van der Waals surface area contributed by atoms with Crippen LogP contribution in [-0.4, -0.2) is 34.2 Å². The van der Waals surface area contributed by atoms with Gasteiger partial charge in [-0.05, 0) is 38.5 Å². The van der Waals surface area contributed by atoms with E-state index in [9.17, 15) is 8.42 Å². The summed E-state index contributed by atoms with van der Waals surface area (Å²) in [6, 6.07) is 3.70. The van der Waals surface area contributed by atoms with Crippen LogP contribution in [0.4, 0.5) is 0 Å². The number of aromatic nitrogens is 3. The van der Waals surface area contributed by atoms with Gasteiger partial charge in [0.25, 0.3) is 0 Å². The van der Waals surface area contributed by atoms with Gasteiger partial charge in [-0.2, -0.15) is 13.5 Å². The van der Waals surface area contributed by atoms with Crippen molar-refractivity contribution in [3.63, 3.8) is 0 Å². The van der Waals surface area contributed by atoms with Gasteiger partial charge in [-0.25, -0.2) is 8.86 Å². The summed E-state index contributed by atoms with van der Waals surface area (Å²) in [5.41, 5.74) is 0.879. The molecule has 1 N–H and O–H groups in total. The Morgan fingerprint density at radius 2 is 2.12 bits per heavy atom. The third-order valence-electron chi connectivity index (χ3n) is 3.62. The monoisotopic (exact) mass is 389 g/mol. The minimum Gasteiger partial charge on any atom is -0.361 e. The highest BCUT2D eigenvalue weighted by atomic mass is 32.3. The van der Waals surface area contributed by atoms with Gasteiger partial charge < -0.3 is 4.52 Å². The molecule has 25 heavy (non-hydrogen) atoms. The van der Waals surface area contributed by atoms with Crippen molar-refractivity contribution >= 4 is 22.2 Å². The summed E-state index contributed by atoms with van der Waals surface area (Å²) in [6.07, 6.45) is 7.57. The molecule has 0 aromatic carbocycles. The Kier molecular flexibility index (Phi) is 7.48. The van der Waals surface area contributed by atoms with E-state index in [1.165, 1.54) is 16.4 Å². The minimum atomic E-state index is -4.54. The van der Waals surface area contributed by atoms with Crippen molar-refractivity contribution in [3.05, 3.63) is 29.8 Å². The van der Waals surface area contributed by atoms with E-state index in [-0.39, 0.29) is 0 Å². The molecule has 140 valence electrons. The predicted octanol–water partition coefficient (Wildman–Crippen LogP) is 3.41. The Balaban J connectivity index is 1.77. The molecule has 0 bridgehead atoms. The molecule has 8 nitrogen and oxygen atoms in total. The molecule has 0 radical (unpaired) electrons. The molecule has 0 spiro atoms. The third-order valence-corrected chi connectivity index (χ3v) is 4.72. The first kappa shape index (κ1) is 20.0. The van der Waals surface area contributed by atoms with Crippen LogP contribution in [0.1, 0.15) is 49.8 Å². The van der Waals surface area contributed by atoms with Gasteiger partial charge in [-0.15, -0.1) is 11.8 Å². The van der Waals surface area contributed by atoms with Crippen LogP contribution in [0, 0.1) is 6.92 Å². The topological polar surface area (TPSA) is 107 Å². The van der Waals surface area contributed by atoms with Crippen LogP contribution in [0.2, 0.25) is 0 Å². The number of unbranched alkanes of at least 4 members (excludes halogenated alkanes) is 3. The highest BCUT2D eigenvalue weighted by Crippen LogP contribution is 2.22. The maximum absolute atomic E-state index is 11.1. The largest absolute Gasteiger partial charge is 0.399 e. The summed E-state index contributed by atoms with van der Waals surface area (Å²) in [5, 5.41) is 8.83. The van der Waals surface area contributed by atoms with E-state index in [0.29, 0.717) is 6.42 Å². The number of rotatable bonds is 11. The van der Waals surface area contributed by atoms with Gasteiger partial charge in [-0.3, -0.25) is 4.55 Å². The van der Waals surface area contributed by atoms with E-state index < -0.39 is 16.6 Å². The van der Waals surface area contributed by atoms with Crippen molar-refractivity contribution in [1.82, 2.24) is 14.9 Å². The lowest BCUT2D eigenvalue weighted by atomic mass is 10.1. The summed E-state index contributed by atoms with van der Waals surface area (Å²) in [5.74, 6) is 0.881. The first-order valence-corrected chi connectivity index (χ1v) is 10.6. The van der Waals surface area contributed by atoms with E-state index >= 15 is 0 Å². The van der Waals surface area contributed by atoms with Crippen LogP contribution in [0.3, 0.4) is 0 Å². The fraction of sp³-hybridized carbons (Fsp3) is 0.600. The van der Waals surface area contributed by atoms with E-state index in [1.54, 1.807) is 12.3 Å². The Morgan fingerprint density at radius 1 is 1.36 bits per heavy atom. The summed E-state index contributed by atoms with van der Waals surface area (Å²) in [6.45, 7) is 1.89. The quantitative estimate of drug-likeness (QED) is 0.354. The Bertz CT molecular complexity index is 757. The lowest BCUT2D eigenvalue weighted by Gasteiger charge is -2.15. The van der Waals surface area contributed by atoms with Crippen molar-refractivity contribution in [1.29, 1.82) is 0 Å². The number of hydrogen-bond donors (Lipinski definition) is 1. The number of nitrogens with zero attached hydrogens (tertiary/aromatic N) is 3. The van der Waals surface area contributed by atoms with Crippen molar-refractivity contribution in [2.24, 2.45) is 0 Å². The van der Waals surface area contributed by atoms with Crippen LogP contribution in [0.5, 0.6) is 0 Å². The lowest BCUT2D eigenvalue weighted by molar-refractivity contribution is 0.0951. The molecule has 0 aliphatic carbocycles. The zero-order valence-corrected chi connectivity index (χ0v) is 15.9. The van der Waals surface area contributed by atoms with E-state index in [4.69, 9.17) is 13.3 Å². The van der Waals surface area contributed by atoms with Crippen molar-refractivity contribution in [3.8, 4) is 0 Å². The molecule has 0 saturated heterocycles. The second-order valence-electron chi connectivity index (χ2n) is 5.70. The molecule has 10 heteroatoms. The van der Waals surface area contributed by atoms with E-state index in [1.807, 2.05) is 19.2 Å². The van der Waals surface area contributed by atoms with Crippen LogP contribution in [0.15, 0.2) is 27.9 Å². The molecular weight excluding hydrogens is 366 g/mol. The van der Waals surface area contributed by atoms with Crippen LogP contribution < -0.4 is 0 Å². The summed E-state index contributed by atoms with van der Waals surface area (Å²) >= 11 is 1.45. The van der Waals surface area contributed by atoms with Gasteiger partial charge in [0.15, 0.2) is 6.23 Å². The number of aryl methyl sites for hydroxylation is 2. The first-order chi connectivity index (χ1) is 11.9. The normalized spacial score (nSPS) is 13.2. The van der Waals surface area contributed by atoms with Crippen molar-refractivity contribution in [2.45, 2.75) is 56.7 Å². The molecule has 0 aliphatic rings. The molecule has 1 unspecified atom stereocenters. The highest BCUT2D eigenvalue weighted by molar-refractivity contribution is 7.98. The second-order valence-corrected chi connectivity index (χ2v) is 7.58. The second kappa shape index (κ2) is 9.37. The minimum absolute atomic E-state index is 0.441. The van der Waals surface area contributed by atoms with Crippen LogP contribution >= 0.6 is 11.8 Å². The Hall–Kier alpha value is -1.36. The maximum atomic E-state index is 11.1. The molecule has 2 heterocycles. The van der Waals surface area contributed by atoms with Crippen molar-refractivity contribution in [2.75, 3.05) is 6.26 Å². The molecule has 2 aromatic rings. The van der Waals surface area contributed by atoms with Gasteiger partial charge in [0.2, 0.25) is 0 Å². The molecule has 2 aromatic heterocycles. The average Bonchev–Trinajstić information content (AvgIpc) is 3.17. The molecule has 0 aliphatic heterocycles. The fourth-order valence-electron chi connectivity index (χ4n) is 2.46. The smallest absolute Gasteiger partial charge is 0.361 e. The maximum Gasteiger partial charge on any atom is 0.399 e. The molecule has 0 saturated carbocycles. The number of hydrogen-bond acceptors (Lipinski definition) is 7. The lowest BCUT2D eigenvalue weighted by Crippen LogP contribution is -2.18. The van der Waals surface area contributed by atoms with E-state index in [0.717, 1.165) is 48.6 Å². The summed E-state index contributed by atoms with van der Waals surface area (Å²) in [4.78, 5) is 0. The third kappa shape index (κ3) is 7.18. The molecule has 0 fully saturated rings. The fourth-order valence-corrected chi connectivity index (χ4v) is 3.30. The predicted molar refractivity (Wildman–Crippen MR) is 93.7 cm³/mol. The van der Waals surface area contributed by atoms with Gasteiger partial charge in [-0.1, -0.05) is 18.0 Å². The molecule has 2 rings (SSSR count). The first-order valence-electron chi connectivity index (χ1n) is 8.04. The van der Waals surface area contributed by atoms with Crippen molar-refractivity contribution < 1.29 is 21.7 Å². The van der Waals surface area contributed by atoms with Gasteiger partial charge in [0.05, 0.1) is 5.69 Å². The standard InChI is InChI=1S/C15H23N3O5S2/c1-12-11-13(22-17-12)7-5-3-4-6-8-15(23-25(19,20)21)18-10-9-14(16-18)24-2/h9-11,15H,3-8H2,1-2H3,(H,19,20,21). The zero-order valence-electron chi connectivity index (χ0n) is 14.3. The Labute approximate surface area is 151 Å². The number of thioether (sulfide) groups is 1. The molecular formula is C15H23N3O5S2. The SMILES string of the molecule is CSc1ccn(C(CCCCCCc2cc(C)no2)OS(=O)(=O)O)n1. The van der Waals surface area contributed by atoms with Crippen LogP contribution in [-0.2, 0) is 21.0 Å². The van der Waals surface area contributed by atoms with E-state index in [2.05, 4.69) is 10.3 Å². The zero-order chi connectivity index (χ0) is 18.3. The summed E-state index contributed by atoms with van der Waals surface area (Å²) < 4.78 is 42.4. The average molecular weight is 389 g/mol. The van der Waals surface area contributed by atoms with Gasteiger partial charge >= 0.3 is 10.4 Å². The van der Waals surface area contributed by atoms with Crippen LogP contribution in [0.25, 0.3) is 0 Å². The van der Waals surface area contributed by atoms with Gasteiger partial charge in [0, 0.05) is 18.7 Å². The Morgan fingerprint density at radius 3 is 2.72 bits per heavy atom. The molecule has 0 amide bonds. The highest BCUT2D eigenvalue weighted by Gasteiger charge is 2.19.